The molecule has 0 atom stereocenters. The molecular weight excluding hydrogens is 240 g/mol. The highest BCUT2D eigenvalue weighted by Crippen LogP contribution is 2.33. The summed E-state index contributed by atoms with van der Waals surface area (Å²) in [6.07, 6.45) is 6.88. The Hall–Kier alpha value is -1.35. The van der Waals surface area contributed by atoms with Crippen molar-refractivity contribution < 1.29 is 0 Å². The van der Waals surface area contributed by atoms with Crippen LogP contribution in [0.5, 0.6) is 0 Å². The zero-order chi connectivity index (χ0) is 12.4. The third-order valence-electron chi connectivity index (χ3n) is 3.80. The molecule has 2 nitrogen and oxygen atoms in total. The van der Waals surface area contributed by atoms with Gasteiger partial charge in [-0.1, -0.05) is 43.5 Å². The van der Waals surface area contributed by atoms with Gasteiger partial charge in [0, 0.05) is 10.9 Å². The maximum Gasteiger partial charge on any atom is 0.180 e. The molecule has 1 aromatic carbocycles. The number of nitrogen functional groups attached to an aromatic ring is 1. The smallest absolute Gasteiger partial charge is 0.180 e. The number of thiazole rings is 1. The first-order valence-corrected chi connectivity index (χ1v) is 7.52. The van der Waals surface area contributed by atoms with Gasteiger partial charge in [0.2, 0.25) is 0 Å². The van der Waals surface area contributed by atoms with Gasteiger partial charge in [-0.05, 0) is 24.3 Å². The van der Waals surface area contributed by atoms with Crippen LogP contribution in [0.2, 0.25) is 0 Å². The Morgan fingerprint density at radius 1 is 1.06 bits per heavy atom. The summed E-state index contributed by atoms with van der Waals surface area (Å²) in [4.78, 5) is 4.32. The third kappa shape index (κ3) is 2.41. The van der Waals surface area contributed by atoms with Crippen molar-refractivity contribution in [2.75, 3.05) is 5.73 Å². The van der Waals surface area contributed by atoms with Crippen molar-refractivity contribution in [3.63, 3.8) is 0 Å². The largest absolute Gasteiger partial charge is 0.375 e. The molecule has 3 heteroatoms. The fourth-order valence-electron chi connectivity index (χ4n) is 2.78. The Morgan fingerprint density at radius 2 is 1.78 bits per heavy atom. The molecule has 1 aliphatic rings. The van der Waals surface area contributed by atoms with Crippen LogP contribution < -0.4 is 5.73 Å². The third-order valence-corrected chi connectivity index (χ3v) is 4.48. The molecule has 0 unspecified atom stereocenters. The van der Waals surface area contributed by atoms with Gasteiger partial charge in [0.1, 0.15) is 0 Å². The minimum Gasteiger partial charge on any atom is -0.375 e. The predicted molar refractivity (Wildman–Crippen MR) is 77.8 cm³/mol. The van der Waals surface area contributed by atoms with Crippen LogP contribution in [-0.2, 0) is 0 Å². The lowest BCUT2D eigenvalue weighted by molar-refractivity contribution is 0.443. The van der Waals surface area contributed by atoms with Crippen LogP contribution in [0.3, 0.4) is 0 Å². The van der Waals surface area contributed by atoms with Crippen LogP contribution >= 0.6 is 11.3 Å². The lowest BCUT2D eigenvalue weighted by atomic mass is 9.84. The van der Waals surface area contributed by atoms with Crippen LogP contribution in [0.15, 0.2) is 29.6 Å². The SMILES string of the molecule is Nc1nc(-c2ccc(C3CCCCC3)cc2)cs1. The molecule has 1 fully saturated rings. The number of nitrogens with zero attached hydrogens (tertiary/aromatic N) is 1. The van der Waals surface area contributed by atoms with Gasteiger partial charge in [-0.2, -0.15) is 0 Å². The Labute approximate surface area is 112 Å². The molecule has 2 aromatic rings. The quantitative estimate of drug-likeness (QED) is 0.865. The van der Waals surface area contributed by atoms with Gasteiger partial charge in [0.25, 0.3) is 0 Å². The molecule has 18 heavy (non-hydrogen) atoms. The van der Waals surface area contributed by atoms with Gasteiger partial charge >= 0.3 is 0 Å². The maximum atomic E-state index is 5.67. The summed E-state index contributed by atoms with van der Waals surface area (Å²) in [5.41, 5.74) is 9.32. The van der Waals surface area contributed by atoms with Crippen LogP contribution in [0.1, 0.15) is 43.6 Å². The number of rotatable bonds is 2. The zero-order valence-electron chi connectivity index (χ0n) is 10.4. The number of hydrogen-bond acceptors (Lipinski definition) is 3. The Bertz CT molecular complexity index is 510. The van der Waals surface area contributed by atoms with Gasteiger partial charge in [-0.3, -0.25) is 0 Å². The second kappa shape index (κ2) is 5.11. The van der Waals surface area contributed by atoms with Gasteiger partial charge in [0.05, 0.1) is 5.69 Å². The van der Waals surface area contributed by atoms with E-state index in [4.69, 9.17) is 5.73 Å². The molecule has 0 saturated heterocycles. The number of aromatic nitrogens is 1. The standard InChI is InChI=1S/C15H18N2S/c16-15-17-14(10-18-15)13-8-6-12(7-9-13)11-4-2-1-3-5-11/h6-11H,1-5H2,(H2,16,17). The van der Waals surface area contributed by atoms with E-state index in [1.165, 1.54) is 54.6 Å². The summed E-state index contributed by atoms with van der Waals surface area (Å²) in [6, 6.07) is 8.89. The van der Waals surface area contributed by atoms with Crippen molar-refractivity contribution in [3.05, 3.63) is 35.2 Å². The summed E-state index contributed by atoms with van der Waals surface area (Å²) >= 11 is 1.50. The van der Waals surface area contributed by atoms with Crippen molar-refractivity contribution in [2.24, 2.45) is 0 Å². The normalized spacial score (nSPS) is 16.9. The monoisotopic (exact) mass is 258 g/mol. The summed E-state index contributed by atoms with van der Waals surface area (Å²) in [6.45, 7) is 0. The van der Waals surface area contributed by atoms with E-state index in [1.807, 2.05) is 5.38 Å². The molecule has 3 rings (SSSR count). The molecule has 94 valence electrons. The number of nitrogens with two attached hydrogens (primary N) is 1. The van der Waals surface area contributed by atoms with E-state index in [0.29, 0.717) is 5.13 Å². The Morgan fingerprint density at radius 3 is 2.39 bits per heavy atom. The van der Waals surface area contributed by atoms with Crippen molar-refractivity contribution >= 4 is 16.5 Å². The molecule has 1 heterocycles. The van der Waals surface area contributed by atoms with Gasteiger partial charge in [-0.25, -0.2) is 4.98 Å². The van der Waals surface area contributed by atoms with Crippen molar-refractivity contribution in [1.82, 2.24) is 4.98 Å². The van der Waals surface area contributed by atoms with E-state index in [0.717, 1.165) is 11.6 Å². The van der Waals surface area contributed by atoms with E-state index in [2.05, 4.69) is 29.2 Å². The molecule has 0 amide bonds. The van der Waals surface area contributed by atoms with Crippen LogP contribution in [0.4, 0.5) is 5.13 Å². The second-order valence-corrected chi connectivity index (χ2v) is 5.92. The predicted octanol–water partition coefficient (Wildman–Crippen LogP) is 4.44. The number of benzene rings is 1. The van der Waals surface area contributed by atoms with E-state index in [9.17, 15) is 0 Å². The van der Waals surface area contributed by atoms with Gasteiger partial charge in [0.15, 0.2) is 5.13 Å². The summed E-state index contributed by atoms with van der Waals surface area (Å²) < 4.78 is 0. The highest BCUT2D eigenvalue weighted by molar-refractivity contribution is 7.13. The van der Waals surface area contributed by atoms with E-state index >= 15 is 0 Å². The van der Waals surface area contributed by atoms with Gasteiger partial charge < -0.3 is 5.73 Å². The molecule has 0 radical (unpaired) electrons. The molecule has 0 spiro atoms. The molecule has 1 aliphatic carbocycles. The average Bonchev–Trinajstić information content (AvgIpc) is 2.87. The zero-order valence-corrected chi connectivity index (χ0v) is 11.2. The maximum absolute atomic E-state index is 5.67. The topological polar surface area (TPSA) is 38.9 Å². The molecular formula is C15H18N2S. The summed E-state index contributed by atoms with van der Waals surface area (Å²) in [5.74, 6) is 0.772. The van der Waals surface area contributed by atoms with Crippen molar-refractivity contribution in [2.45, 2.75) is 38.0 Å². The Kier molecular flexibility index (Phi) is 3.33. The Balaban J connectivity index is 1.80. The molecule has 0 bridgehead atoms. The van der Waals surface area contributed by atoms with Crippen LogP contribution in [0.25, 0.3) is 11.3 Å². The molecule has 0 aliphatic heterocycles. The fraction of sp³-hybridized carbons (Fsp3) is 0.400. The molecule has 2 N–H and O–H groups in total. The first kappa shape index (κ1) is 11.7. The fourth-order valence-corrected chi connectivity index (χ4v) is 3.35. The first-order valence-electron chi connectivity index (χ1n) is 6.64. The summed E-state index contributed by atoms with van der Waals surface area (Å²) in [7, 11) is 0. The average molecular weight is 258 g/mol. The van der Waals surface area contributed by atoms with Crippen molar-refractivity contribution in [1.29, 1.82) is 0 Å². The van der Waals surface area contributed by atoms with E-state index in [1.54, 1.807) is 0 Å². The summed E-state index contributed by atoms with van der Waals surface area (Å²) in [5, 5.41) is 2.66. The van der Waals surface area contributed by atoms with Crippen LogP contribution in [0, 0.1) is 0 Å². The van der Waals surface area contributed by atoms with E-state index < -0.39 is 0 Å². The number of anilines is 1. The molecule has 1 saturated carbocycles. The second-order valence-electron chi connectivity index (χ2n) is 5.03. The minimum absolute atomic E-state index is 0.640. The van der Waals surface area contributed by atoms with E-state index in [-0.39, 0.29) is 0 Å². The first-order chi connectivity index (χ1) is 8.83. The highest BCUT2D eigenvalue weighted by atomic mass is 32.1. The van der Waals surface area contributed by atoms with Gasteiger partial charge in [-0.15, -0.1) is 11.3 Å². The van der Waals surface area contributed by atoms with Crippen molar-refractivity contribution in [3.8, 4) is 11.3 Å². The molecule has 1 aromatic heterocycles. The lowest BCUT2D eigenvalue weighted by Crippen LogP contribution is -2.04. The lowest BCUT2D eigenvalue weighted by Gasteiger charge is -2.22. The minimum atomic E-state index is 0.640. The van der Waals surface area contributed by atoms with Crippen LogP contribution in [-0.4, -0.2) is 4.98 Å². The highest BCUT2D eigenvalue weighted by Gasteiger charge is 2.15. The number of hydrogen-bond donors (Lipinski definition) is 1.